The van der Waals surface area contributed by atoms with Crippen LogP contribution < -0.4 is 0 Å². The Morgan fingerprint density at radius 1 is 1.28 bits per heavy atom. The van der Waals surface area contributed by atoms with Crippen LogP contribution in [-0.2, 0) is 14.9 Å². The summed E-state index contributed by atoms with van der Waals surface area (Å²) in [6.45, 7) is 6.24. The van der Waals surface area contributed by atoms with Crippen molar-refractivity contribution in [2.45, 2.75) is 45.4 Å². The van der Waals surface area contributed by atoms with Crippen molar-refractivity contribution in [3.05, 3.63) is 47.8 Å². The van der Waals surface area contributed by atoms with E-state index in [1.165, 1.54) is 0 Å². The molecule has 0 unspecified atom stereocenters. The van der Waals surface area contributed by atoms with Crippen LogP contribution >= 0.6 is 0 Å². The van der Waals surface area contributed by atoms with Crippen LogP contribution in [0.3, 0.4) is 0 Å². The molecule has 1 aliphatic rings. The van der Waals surface area contributed by atoms with Crippen LogP contribution in [0, 0.1) is 5.92 Å². The van der Waals surface area contributed by atoms with E-state index in [0.29, 0.717) is 35.4 Å². The molecule has 4 rings (SSSR count). The van der Waals surface area contributed by atoms with Gasteiger partial charge in [0, 0.05) is 18.2 Å². The number of Topliss-reactive ketones (excluding diaryl/α,β-unsaturated/α-hetero) is 1. The molecule has 1 fully saturated rings. The molecule has 0 spiro atoms. The van der Waals surface area contributed by atoms with Crippen LogP contribution in [0.5, 0.6) is 0 Å². The highest BCUT2D eigenvalue weighted by Gasteiger charge is 2.52. The number of carbonyl (C=O) groups excluding carboxylic acids is 2. The standard InChI is InChI=1S/C23H25N3O3/c1-4-29-22(28)23(8-9-23)16-7-5-6-15(11-16)18-13-25-21-20(26-18)17(12-24-21)19(27)10-14(2)3/h5-7,11-14H,4,8-10H2,1-3H3,(H,24,25). The largest absolute Gasteiger partial charge is 0.465 e. The third kappa shape index (κ3) is 3.55. The summed E-state index contributed by atoms with van der Waals surface area (Å²) in [5, 5.41) is 0. The van der Waals surface area contributed by atoms with Gasteiger partial charge in [-0.2, -0.15) is 0 Å². The van der Waals surface area contributed by atoms with Gasteiger partial charge >= 0.3 is 5.97 Å². The maximum Gasteiger partial charge on any atom is 0.316 e. The van der Waals surface area contributed by atoms with Crippen molar-refractivity contribution in [3.63, 3.8) is 0 Å². The Kier molecular flexibility index (Phi) is 4.94. The van der Waals surface area contributed by atoms with Crippen molar-refractivity contribution in [2.24, 2.45) is 5.92 Å². The normalized spacial score (nSPS) is 14.9. The number of nitrogens with one attached hydrogen (secondary N) is 1. The van der Waals surface area contributed by atoms with Crippen LogP contribution in [0.15, 0.2) is 36.7 Å². The van der Waals surface area contributed by atoms with Gasteiger partial charge in [0.25, 0.3) is 0 Å². The van der Waals surface area contributed by atoms with Gasteiger partial charge in [0.2, 0.25) is 0 Å². The van der Waals surface area contributed by atoms with Crippen LogP contribution in [0.2, 0.25) is 0 Å². The topological polar surface area (TPSA) is 84.9 Å². The Hall–Kier alpha value is -3.02. The lowest BCUT2D eigenvalue weighted by Crippen LogP contribution is -2.23. The number of aromatic amines is 1. The molecule has 150 valence electrons. The SMILES string of the molecule is CCOC(=O)C1(c2cccc(-c3cnc4[nH]cc(C(=O)CC(C)C)c4n3)c2)CC1. The van der Waals surface area contributed by atoms with Crippen molar-refractivity contribution in [2.75, 3.05) is 6.61 Å². The highest BCUT2D eigenvalue weighted by molar-refractivity contribution is 6.06. The van der Waals surface area contributed by atoms with Gasteiger partial charge in [0.05, 0.1) is 29.5 Å². The lowest BCUT2D eigenvalue weighted by molar-refractivity contribution is -0.146. The molecule has 1 aromatic carbocycles. The van der Waals surface area contributed by atoms with E-state index in [4.69, 9.17) is 9.72 Å². The van der Waals surface area contributed by atoms with Crippen molar-refractivity contribution in [1.82, 2.24) is 15.0 Å². The third-order valence-electron chi connectivity index (χ3n) is 5.40. The average Bonchev–Trinajstić information content (AvgIpc) is 3.41. The van der Waals surface area contributed by atoms with Crippen molar-refractivity contribution >= 4 is 22.9 Å². The predicted octanol–water partition coefficient (Wildman–Crippen LogP) is 4.45. The highest BCUT2D eigenvalue weighted by Crippen LogP contribution is 2.49. The number of aromatic nitrogens is 3. The molecule has 3 aromatic rings. The molecular weight excluding hydrogens is 366 g/mol. The van der Waals surface area contributed by atoms with E-state index in [0.717, 1.165) is 24.0 Å². The first-order chi connectivity index (χ1) is 13.9. The lowest BCUT2D eigenvalue weighted by Gasteiger charge is -2.15. The number of carbonyl (C=O) groups is 2. The number of H-pyrrole nitrogens is 1. The molecule has 29 heavy (non-hydrogen) atoms. The first kappa shape index (κ1) is 19.3. The number of ether oxygens (including phenoxy) is 1. The van der Waals surface area contributed by atoms with E-state index in [2.05, 4.69) is 9.97 Å². The molecule has 6 nitrogen and oxygen atoms in total. The van der Waals surface area contributed by atoms with Gasteiger partial charge in [0.1, 0.15) is 5.52 Å². The van der Waals surface area contributed by atoms with Gasteiger partial charge in [-0.15, -0.1) is 0 Å². The minimum Gasteiger partial charge on any atom is -0.465 e. The summed E-state index contributed by atoms with van der Waals surface area (Å²) in [4.78, 5) is 37.2. The van der Waals surface area contributed by atoms with Crippen LogP contribution in [0.1, 0.15) is 56.0 Å². The number of hydrogen-bond acceptors (Lipinski definition) is 5. The molecule has 0 saturated heterocycles. The fourth-order valence-electron chi connectivity index (χ4n) is 3.70. The zero-order valence-corrected chi connectivity index (χ0v) is 17.0. The predicted molar refractivity (Wildman–Crippen MR) is 111 cm³/mol. The number of hydrogen-bond donors (Lipinski definition) is 1. The number of rotatable bonds is 7. The molecule has 1 saturated carbocycles. The number of ketones is 1. The number of benzene rings is 1. The summed E-state index contributed by atoms with van der Waals surface area (Å²) < 4.78 is 5.28. The van der Waals surface area contributed by atoms with E-state index in [1.807, 2.05) is 45.0 Å². The van der Waals surface area contributed by atoms with Gasteiger partial charge < -0.3 is 9.72 Å². The molecule has 2 aromatic heterocycles. The average molecular weight is 391 g/mol. The number of nitrogens with zero attached hydrogens (tertiary/aromatic N) is 2. The summed E-state index contributed by atoms with van der Waals surface area (Å²) in [7, 11) is 0. The first-order valence-electron chi connectivity index (χ1n) is 10.1. The van der Waals surface area contributed by atoms with Gasteiger partial charge in [-0.05, 0) is 37.3 Å². The first-order valence-corrected chi connectivity index (χ1v) is 10.1. The van der Waals surface area contributed by atoms with E-state index < -0.39 is 5.41 Å². The minimum absolute atomic E-state index is 0.0608. The molecule has 1 aliphatic carbocycles. The summed E-state index contributed by atoms with van der Waals surface area (Å²) >= 11 is 0. The maximum absolute atomic E-state index is 12.6. The van der Waals surface area contributed by atoms with Gasteiger partial charge in [0.15, 0.2) is 11.4 Å². The third-order valence-corrected chi connectivity index (χ3v) is 5.40. The Labute approximate surface area is 169 Å². The molecule has 0 aliphatic heterocycles. The fourth-order valence-corrected chi connectivity index (χ4v) is 3.70. The summed E-state index contributed by atoms with van der Waals surface area (Å²) in [5.41, 5.74) is 3.72. The summed E-state index contributed by atoms with van der Waals surface area (Å²) in [6.07, 6.45) is 5.45. The monoisotopic (exact) mass is 391 g/mol. The second-order valence-electron chi connectivity index (χ2n) is 8.06. The number of esters is 1. The molecule has 6 heteroatoms. The van der Waals surface area contributed by atoms with Crippen molar-refractivity contribution in [1.29, 1.82) is 0 Å². The smallest absolute Gasteiger partial charge is 0.316 e. The van der Waals surface area contributed by atoms with E-state index in [-0.39, 0.29) is 17.7 Å². The molecular formula is C23H25N3O3. The van der Waals surface area contributed by atoms with E-state index >= 15 is 0 Å². The van der Waals surface area contributed by atoms with E-state index in [9.17, 15) is 9.59 Å². The fraction of sp³-hybridized carbons (Fsp3) is 0.391. The molecule has 0 radical (unpaired) electrons. The van der Waals surface area contributed by atoms with Gasteiger partial charge in [-0.1, -0.05) is 32.0 Å². The van der Waals surface area contributed by atoms with Crippen molar-refractivity contribution < 1.29 is 14.3 Å². The number of fused-ring (bicyclic) bond motifs is 1. The van der Waals surface area contributed by atoms with Crippen molar-refractivity contribution in [3.8, 4) is 11.3 Å². The molecule has 2 heterocycles. The van der Waals surface area contributed by atoms with Gasteiger partial charge in [-0.3, -0.25) is 9.59 Å². The van der Waals surface area contributed by atoms with Crippen LogP contribution in [-0.4, -0.2) is 33.3 Å². The highest BCUT2D eigenvalue weighted by atomic mass is 16.5. The van der Waals surface area contributed by atoms with Crippen LogP contribution in [0.25, 0.3) is 22.4 Å². The molecule has 0 amide bonds. The molecule has 0 bridgehead atoms. The second kappa shape index (κ2) is 7.43. The zero-order chi connectivity index (χ0) is 20.6. The Balaban J connectivity index is 1.70. The molecule has 0 atom stereocenters. The molecule has 1 N–H and O–H groups in total. The second-order valence-corrected chi connectivity index (χ2v) is 8.06. The van der Waals surface area contributed by atoms with Gasteiger partial charge in [-0.25, -0.2) is 9.97 Å². The maximum atomic E-state index is 12.6. The van der Waals surface area contributed by atoms with E-state index in [1.54, 1.807) is 12.4 Å². The minimum atomic E-state index is -0.532. The summed E-state index contributed by atoms with van der Waals surface area (Å²) in [5.74, 6) is 0.175. The summed E-state index contributed by atoms with van der Waals surface area (Å²) in [6, 6.07) is 7.83. The Bertz CT molecular complexity index is 1080. The Morgan fingerprint density at radius 3 is 2.76 bits per heavy atom. The zero-order valence-electron chi connectivity index (χ0n) is 17.0. The van der Waals surface area contributed by atoms with Crippen LogP contribution in [0.4, 0.5) is 0 Å². The lowest BCUT2D eigenvalue weighted by atomic mass is 9.94. The quantitative estimate of drug-likeness (QED) is 0.475. The Morgan fingerprint density at radius 2 is 2.07 bits per heavy atom.